The normalized spacial score (nSPS) is 18.6. The first kappa shape index (κ1) is 48.9. The van der Waals surface area contributed by atoms with Crippen LogP contribution in [0.4, 0.5) is 13.2 Å². The van der Waals surface area contributed by atoms with Crippen molar-refractivity contribution in [3.8, 4) is 0 Å². The van der Waals surface area contributed by atoms with Crippen molar-refractivity contribution in [3.63, 3.8) is 0 Å². The summed E-state index contributed by atoms with van der Waals surface area (Å²) >= 11 is 0. The van der Waals surface area contributed by atoms with Crippen LogP contribution in [0.1, 0.15) is 119 Å². The second-order valence-electron chi connectivity index (χ2n) is 15.6. The number of alkyl halides is 3. The van der Waals surface area contributed by atoms with Crippen molar-refractivity contribution >= 4 is 47.1 Å². The average Bonchev–Trinajstić information content (AvgIpc) is 3.65. The van der Waals surface area contributed by atoms with E-state index in [1.807, 2.05) is 13.8 Å². The molecule has 0 aromatic carbocycles. The number of nitrogens with one attached hydrogen (secondary N) is 2. The van der Waals surface area contributed by atoms with E-state index in [0.717, 1.165) is 12.8 Å². The maximum atomic E-state index is 13.3. The molecule has 4 amide bonds. The number of amides is 4. The molecule has 1 saturated carbocycles. The Morgan fingerprint density at radius 3 is 2.04 bits per heavy atom. The highest BCUT2D eigenvalue weighted by molar-refractivity contribution is 6.12. The third kappa shape index (κ3) is 19.3. The molecule has 1 fully saturated rings. The van der Waals surface area contributed by atoms with Crippen molar-refractivity contribution in [2.45, 2.75) is 142 Å². The van der Waals surface area contributed by atoms with Gasteiger partial charge in [0, 0.05) is 68.3 Å². The number of esters is 1. The number of nitrogens with zero attached hydrogens (tertiary/aromatic N) is 1. The van der Waals surface area contributed by atoms with Gasteiger partial charge in [0.25, 0.3) is 11.8 Å². The summed E-state index contributed by atoms with van der Waals surface area (Å²) in [5.74, 6) is -6.01. The molecule has 0 saturated heterocycles. The largest absolute Gasteiger partial charge is 0.490 e. The number of imide groups is 1. The number of unbranched alkanes of at least 4 members (excludes halogenated alkanes) is 3. The van der Waals surface area contributed by atoms with Crippen LogP contribution >= 0.6 is 0 Å². The molecule has 2 rings (SSSR count). The molecule has 0 aromatic heterocycles. The number of ether oxygens (including phenoxy) is 1. The summed E-state index contributed by atoms with van der Waals surface area (Å²) in [4.78, 5) is 98.0. The number of hydrogen-bond donors (Lipinski definition) is 4. The third-order valence-corrected chi connectivity index (χ3v) is 9.17. The Morgan fingerprint density at radius 2 is 1.53 bits per heavy atom. The molecular formula is C38H59F3N4O10. The molecule has 5 N–H and O–H groups in total. The number of nitrogens with two attached hydrogens (primary N) is 1. The molecule has 1 aliphatic carbocycles. The molecule has 1 unspecified atom stereocenters. The average molecular weight is 789 g/mol. The topological polar surface area (TPSA) is 219 Å². The number of carboxylic acids is 1. The molecule has 1 aliphatic heterocycles. The SMILES string of the molecule is CC(C)[C@H](CC(=O)CCCCCN1C(=O)C=CC1=O)C(=O)C[C@@H](C)C(=O)N[C@@H](CCCCNC(=O)C1CC[C@H](N)C1)C(=O)OC(C)(C)C.O=C(O)C(F)(F)F. The second kappa shape index (κ2) is 23.0. The zero-order chi connectivity index (χ0) is 42.1. The molecule has 0 aromatic rings. The van der Waals surface area contributed by atoms with Gasteiger partial charge in [-0.25, -0.2) is 9.59 Å². The number of carbonyl (C=O) groups is 8. The summed E-state index contributed by atoms with van der Waals surface area (Å²) in [6.45, 7) is 11.4. The first-order valence-electron chi connectivity index (χ1n) is 18.9. The minimum Gasteiger partial charge on any atom is -0.475 e. The fourth-order valence-corrected chi connectivity index (χ4v) is 6.05. The summed E-state index contributed by atoms with van der Waals surface area (Å²) in [7, 11) is 0. The smallest absolute Gasteiger partial charge is 0.475 e. The van der Waals surface area contributed by atoms with Gasteiger partial charge in [-0.2, -0.15) is 13.2 Å². The Labute approximate surface area is 320 Å². The molecule has 55 heavy (non-hydrogen) atoms. The van der Waals surface area contributed by atoms with Crippen LogP contribution in [0.15, 0.2) is 12.2 Å². The highest BCUT2D eigenvalue weighted by Gasteiger charge is 2.38. The number of carboxylic acid groups (broad SMARTS) is 1. The van der Waals surface area contributed by atoms with E-state index in [2.05, 4.69) is 10.6 Å². The minimum atomic E-state index is -5.08. The number of halogens is 3. The van der Waals surface area contributed by atoms with Crippen LogP contribution in [-0.2, 0) is 43.1 Å². The summed E-state index contributed by atoms with van der Waals surface area (Å²) in [6, 6.07) is -0.831. The van der Waals surface area contributed by atoms with Gasteiger partial charge in [0.2, 0.25) is 11.8 Å². The summed E-state index contributed by atoms with van der Waals surface area (Å²) in [5, 5.41) is 12.9. The van der Waals surface area contributed by atoms with Crippen LogP contribution in [0, 0.1) is 23.7 Å². The minimum absolute atomic E-state index is 0.00296. The standard InChI is InChI=1S/C36H58N4O8.C2HF3O2/c1-23(2)28(22-27(41)12-8-7-11-19-40-31(43)16-17-32(40)44)30(42)20-24(3)33(45)39-29(35(47)48-36(4,5)6)13-9-10-18-38-34(46)25-14-15-26(37)21-25;3-2(4,5)1(6)7/h16-17,23-26,28-29H,7-15,18-22,37H2,1-6H3,(H,38,46)(H,39,45);(H,6,7)/t24-,25?,26+,28+,29+;/m1./s1. The van der Waals surface area contributed by atoms with Crippen molar-refractivity contribution in [2.75, 3.05) is 13.1 Å². The van der Waals surface area contributed by atoms with Gasteiger partial charge in [-0.1, -0.05) is 27.2 Å². The monoisotopic (exact) mass is 788 g/mol. The van der Waals surface area contributed by atoms with E-state index in [1.54, 1.807) is 27.7 Å². The Morgan fingerprint density at radius 1 is 0.927 bits per heavy atom. The van der Waals surface area contributed by atoms with Crippen LogP contribution in [0.2, 0.25) is 0 Å². The van der Waals surface area contributed by atoms with Gasteiger partial charge in [-0.3, -0.25) is 33.7 Å². The molecule has 1 heterocycles. The second-order valence-corrected chi connectivity index (χ2v) is 15.6. The van der Waals surface area contributed by atoms with Crippen molar-refractivity contribution in [1.82, 2.24) is 15.5 Å². The van der Waals surface area contributed by atoms with Gasteiger partial charge in [0.05, 0.1) is 0 Å². The summed E-state index contributed by atoms with van der Waals surface area (Å²) < 4.78 is 37.3. The number of carbonyl (C=O) groups excluding carboxylic acids is 7. The van der Waals surface area contributed by atoms with Gasteiger partial charge < -0.3 is 26.2 Å². The quantitative estimate of drug-likeness (QED) is 0.0735. The van der Waals surface area contributed by atoms with Gasteiger partial charge in [0.1, 0.15) is 23.2 Å². The molecule has 0 bridgehead atoms. The molecule has 0 radical (unpaired) electrons. The Kier molecular flexibility index (Phi) is 20.5. The lowest BCUT2D eigenvalue weighted by atomic mass is 9.82. The number of aliphatic carboxylic acids is 1. The first-order valence-corrected chi connectivity index (χ1v) is 18.9. The van der Waals surface area contributed by atoms with Gasteiger partial charge >= 0.3 is 18.1 Å². The lowest BCUT2D eigenvalue weighted by molar-refractivity contribution is -0.192. The van der Waals surface area contributed by atoms with Crippen LogP contribution < -0.4 is 16.4 Å². The first-order chi connectivity index (χ1) is 25.4. The zero-order valence-electron chi connectivity index (χ0n) is 32.8. The Bertz CT molecular complexity index is 1370. The van der Waals surface area contributed by atoms with Crippen molar-refractivity contribution < 1.29 is 61.4 Å². The van der Waals surface area contributed by atoms with Crippen LogP contribution in [0.25, 0.3) is 0 Å². The van der Waals surface area contributed by atoms with Crippen LogP contribution in [-0.4, -0.2) is 94.1 Å². The highest BCUT2D eigenvalue weighted by atomic mass is 19.4. The van der Waals surface area contributed by atoms with Crippen molar-refractivity contribution in [2.24, 2.45) is 29.4 Å². The zero-order valence-corrected chi connectivity index (χ0v) is 32.8. The van der Waals surface area contributed by atoms with E-state index in [9.17, 15) is 46.7 Å². The maximum absolute atomic E-state index is 13.3. The molecule has 5 atom stereocenters. The predicted octanol–water partition coefficient (Wildman–Crippen LogP) is 4.17. The number of ketones is 2. The summed E-state index contributed by atoms with van der Waals surface area (Å²) in [6.07, 6.45) is 3.43. The maximum Gasteiger partial charge on any atom is 0.490 e. The molecule has 14 nitrogen and oxygen atoms in total. The molecular weight excluding hydrogens is 729 g/mol. The van der Waals surface area contributed by atoms with E-state index in [1.165, 1.54) is 17.1 Å². The number of hydrogen-bond acceptors (Lipinski definition) is 10. The van der Waals surface area contributed by atoms with Gasteiger partial charge in [0.15, 0.2) is 0 Å². The highest BCUT2D eigenvalue weighted by Crippen LogP contribution is 2.25. The molecule has 2 aliphatic rings. The van der Waals surface area contributed by atoms with E-state index < -0.39 is 47.5 Å². The number of Topliss-reactive ketones (excluding diaryl/α,β-unsaturated/α-hetero) is 2. The van der Waals surface area contributed by atoms with Crippen LogP contribution in [0.5, 0.6) is 0 Å². The van der Waals surface area contributed by atoms with Gasteiger partial charge in [-0.05, 0) is 78.1 Å². The number of rotatable bonds is 21. The third-order valence-electron chi connectivity index (χ3n) is 9.17. The van der Waals surface area contributed by atoms with Crippen LogP contribution in [0.3, 0.4) is 0 Å². The molecule has 17 heteroatoms. The van der Waals surface area contributed by atoms with Crippen molar-refractivity contribution in [1.29, 1.82) is 0 Å². The Balaban J connectivity index is 0.00000196. The summed E-state index contributed by atoms with van der Waals surface area (Å²) in [5.41, 5.74) is 5.17. The molecule has 312 valence electrons. The van der Waals surface area contributed by atoms with Gasteiger partial charge in [-0.15, -0.1) is 0 Å². The predicted molar refractivity (Wildman–Crippen MR) is 195 cm³/mol. The Hall–Kier alpha value is -4.15. The van der Waals surface area contributed by atoms with E-state index in [4.69, 9.17) is 20.4 Å². The fraction of sp³-hybridized carbons (Fsp3) is 0.737. The lowest BCUT2D eigenvalue weighted by Gasteiger charge is -2.26. The van der Waals surface area contributed by atoms with Crippen molar-refractivity contribution in [3.05, 3.63) is 12.2 Å². The van der Waals surface area contributed by atoms with E-state index in [-0.39, 0.29) is 60.0 Å². The van der Waals surface area contributed by atoms with E-state index >= 15 is 0 Å². The molecule has 0 spiro atoms. The fourth-order valence-electron chi connectivity index (χ4n) is 6.05. The van der Waals surface area contributed by atoms with E-state index in [0.29, 0.717) is 64.5 Å². The lowest BCUT2D eigenvalue weighted by Crippen LogP contribution is -2.46.